The van der Waals surface area contributed by atoms with Gasteiger partial charge in [0.2, 0.25) is 0 Å². The van der Waals surface area contributed by atoms with Gasteiger partial charge in [-0.15, -0.1) is 0 Å². The lowest BCUT2D eigenvalue weighted by molar-refractivity contribution is -0.157. The van der Waals surface area contributed by atoms with E-state index in [1.54, 1.807) is 6.92 Å². The van der Waals surface area contributed by atoms with Gasteiger partial charge in [-0.2, -0.15) is 5.26 Å². The topological polar surface area (TPSA) is 76.4 Å². The number of ether oxygens (including phenoxy) is 2. The van der Waals surface area contributed by atoms with Gasteiger partial charge in [0.25, 0.3) is 0 Å². The summed E-state index contributed by atoms with van der Waals surface area (Å²) in [7, 11) is 1.20. The van der Waals surface area contributed by atoms with Gasteiger partial charge in [0.05, 0.1) is 26.2 Å². The van der Waals surface area contributed by atoms with Gasteiger partial charge in [0, 0.05) is 0 Å². The molecule has 0 aliphatic rings. The molecule has 0 aromatic heterocycles. The van der Waals surface area contributed by atoms with Gasteiger partial charge in [-0.25, -0.2) is 0 Å². The molecule has 0 aliphatic carbocycles. The third-order valence-corrected chi connectivity index (χ3v) is 2.22. The van der Waals surface area contributed by atoms with Gasteiger partial charge >= 0.3 is 11.9 Å². The highest BCUT2D eigenvalue weighted by atomic mass is 16.5. The zero-order valence-corrected chi connectivity index (χ0v) is 9.91. The Morgan fingerprint density at radius 1 is 1.38 bits per heavy atom. The number of esters is 2. The SMILES string of the molecule is CCCC(C#N)(CC(=O)OCC)C(=O)OC. The highest BCUT2D eigenvalue weighted by Gasteiger charge is 2.41. The molecule has 0 N–H and O–H groups in total. The van der Waals surface area contributed by atoms with Crippen LogP contribution in [0.3, 0.4) is 0 Å². The first-order valence-corrected chi connectivity index (χ1v) is 5.21. The lowest BCUT2D eigenvalue weighted by Crippen LogP contribution is -2.34. The number of rotatable bonds is 6. The Morgan fingerprint density at radius 3 is 2.38 bits per heavy atom. The van der Waals surface area contributed by atoms with Gasteiger partial charge in [0.15, 0.2) is 5.41 Å². The number of nitrogens with zero attached hydrogens (tertiary/aromatic N) is 1. The van der Waals surface area contributed by atoms with E-state index >= 15 is 0 Å². The van der Waals surface area contributed by atoms with Gasteiger partial charge < -0.3 is 9.47 Å². The lowest BCUT2D eigenvalue weighted by Gasteiger charge is -2.21. The summed E-state index contributed by atoms with van der Waals surface area (Å²) in [6.07, 6.45) is 0.648. The third kappa shape index (κ3) is 3.54. The largest absolute Gasteiger partial charge is 0.468 e. The minimum atomic E-state index is -1.41. The van der Waals surface area contributed by atoms with Gasteiger partial charge in [-0.1, -0.05) is 13.3 Å². The number of nitriles is 1. The van der Waals surface area contributed by atoms with Crippen LogP contribution in [0.2, 0.25) is 0 Å². The molecule has 0 radical (unpaired) electrons. The maximum Gasteiger partial charge on any atom is 0.326 e. The fourth-order valence-corrected chi connectivity index (χ4v) is 1.48. The number of hydrogen-bond donors (Lipinski definition) is 0. The van der Waals surface area contributed by atoms with Crippen molar-refractivity contribution in [2.45, 2.75) is 33.1 Å². The van der Waals surface area contributed by atoms with Crippen LogP contribution in [-0.2, 0) is 19.1 Å². The molecular weight excluding hydrogens is 210 g/mol. The fraction of sp³-hybridized carbons (Fsp3) is 0.727. The highest BCUT2D eigenvalue weighted by molar-refractivity contribution is 5.86. The van der Waals surface area contributed by atoms with E-state index in [2.05, 4.69) is 4.74 Å². The third-order valence-electron chi connectivity index (χ3n) is 2.22. The Balaban J connectivity index is 4.85. The maximum absolute atomic E-state index is 11.5. The molecule has 0 aliphatic heterocycles. The summed E-state index contributed by atoms with van der Waals surface area (Å²) in [6.45, 7) is 3.73. The zero-order valence-electron chi connectivity index (χ0n) is 9.91. The molecule has 1 atom stereocenters. The van der Waals surface area contributed by atoms with Crippen LogP contribution in [0.5, 0.6) is 0 Å². The quantitative estimate of drug-likeness (QED) is 0.641. The molecule has 0 saturated heterocycles. The predicted molar refractivity (Wildman–Crippen MR) is 56.2 cm³/mol. The first-order valence-electron chi connectivity index (χ1n) is 5.21. The second kappa shape index (κ2) is 6.83. The molecule has 1 unspecified atom stereocenters. The fourth-order valence-electron chi connectivity index (χ4n) is 1.48. The molecule has 0 heterocycles. The van der Waals surface area contributed by atoms with E-state index in [0.29, 0.717) is 6.42 Å². The molecule has 0 rings (SSSR count). The van der Waals surface area contributed by atoms with Crippen molar-refractivity contribution in [1.29, 1.82) is 5.26 Å². The summed E-state index contributed by atoms with van der Waals surface area (Å²) in [6, 6.07) is 1.88. The minimum absolute atomic E-state index is 0.230. The van der Waals surface area contributed by atoms with E-state index in [0.717, 1.165) is 0 Å². The summed E-state index contributed by atoms with van der Waals surface area (Å²) in [5.41, 5.74) is -1.41. The highest BCUT2D eigenvalue weighted by Crippen LogP contribution is 2.29. The summed E-state index contributed by atoms with van der Waals surface area (Å²) in [5, 5.41) is 9.07. The average molecular weight is 227 g/mol. The lowest BCUT2D eigenvalue weighted by atomic mass is 9.81. The van der Waals surface area contributed by atoms with Gasteiger partial charge in [-0.05, 0) is 13.3 Å². The van der Waals surface area contributed by atoms with Crippen molar-refractivity contribution in [3.8, 4) is 6.07 Å². The van der Waals surface area contributed by atoms with E-state index < -0.39 is 17.4 Å². The Bertz CT molecular complexity index is 295. The number of methoxy groups -OCH3 is 1. The summed E-state index contributed by atoms with van der Waals surface area (Å²) < 4.78 is 9.31. The predicted octanol–water partition coefficient (Wildman–Crippen LogP) is 1.42. The van der Waals surface area contributed by atoms with Gasteiger partial charge in [0.1, 0.15) is 0 Å². The van der Waals surface area contributed by atoms with Crippen LogP contribution in [0.15, 0.2) is 0 Å². The standard InChI is InChI=1S/C11H17NO4/c1-4-6-11(8-12,10(14)15-3)7-9(13)16-5-2/h4-7H2,1-3H3. The van der Waals surface area contributed by atoms with E-state index in [9.17, 15) is 9.59 Å². The van der Waals surface area contributed by atoms with Gasteiger partial charge in [-0.3, -0.25) is 9.59 Å². The van der Waals surface area contributed by atoms with Crippen molar-refractivity contribution < 1.29 is 19.1 Å². The second-order valence-corrected chi connectivity index (χ2v) is 3.42. The molecule has 5 heteroatoms. The zero-order chi connectivity index (χ0) is 12.6. The Morgan fingerprint density at radius 2 is 2.00 bits per heavy atom. The molecule has 0 bridgehead atoms. The first kappa shape index (κ1) is 14.4. The first-order chi connectivity index (χ1) is 7.56. The Kier molecular flexibility index (Phi) is 6.16. The van der Waals surface area contributed by atoms with Crippen LogP contribution in [0.1, 0.15) is 33.1 Å². The Labute approximate surface area is 95.3 Å². The van der Waals surface area contributed by atoms with Crippen LogP contribution in [-0.4, -0.2) is 25.7 Å². The number of hydrogen-bond acceptors (Lipinski definition) is 5. The summed E-state index contributed by atoms with van der Waals surface area (Å²) >= 11 is 0. The molecule has 5 nitrogen and oxygen atoms in total. The van der Waals surface area contributed by atoms with E-state index in [-0.39, 0.29) is 19.4 Å². The molecule has 16 heavy (non-hydrogen) atoms. The molecule has 0 amide bonds. The van der Waals surface area contributed by atoms with Crippen LogP contribution in [0.25, 0.3) is 0 Å². The van der Waals surface area contributed by atoms with Crippen molar-refractivity contribution in [2.75, 3.05) is 13.7 Å². The molecule has 0 fully saturated rings. The molecule has 0 saturated carbocycles. The van der Waals surface area contributed by atoms with Crippen molar-refractivity contribution in [3.63, 3.8) is 0 Å². The van der Waals surface area contributed by atoms with Crippen LogP contribution in [0, 0.1) is 16.7 Å². The molecule has 0 aromatic carbocycles. The smallest absolute Gasteiger partial charge is 0.326 e. The normalized spacial score (nSPS) is 13.4. The maximum atomic E-state index is 11.5. The monoisotopic (exact) mass is 227 g/mol. The molecule has 90 valence electrons. The van der Waals surface area contributed by atoms with E-state index in [1.165, 1.54) is 7.11 Å². The Hall–Kier alpha value is -1.57. The van der Waals surface area contributed by atoms with Crippen molar-refractivity contribution in [3.05, 3.63) is 0 Å². The van der Waals surface area contributed by atoms with Crippen molar-refractivity contribution in [2.24, 2.45) is 5.41 Å². The van der Waals surface area contributed by atoms with Crippen molar-refractivity contribution >= 4 is 11.9 Å². The summed E-state index contributed by atoms with van der Waals surface area (Å²) in [5.74, 6) is -1.23. The molecule has 0 aromatic rings. The number of carbonyl (C=O) groups is 2. The van der Waals surface area contributed by atoms with Crippen molar-refractivity contribution in [1.82, 2.24) is 0 Å². The second-order valence-electron chi connectivity index (χ2n) is 3.42. The molecule has 0 spiro atoms. The average Bonchev–Trinajstić information content (AvgIpc) is 2.27. The minimum Gasteiger partial charge on any atom is -0.468 e. The molecular formula is C11H17NO4. The van der Waals surface area contributed by atoms with E-state index in [1.807, 2.05) is 13.0 Å². The number of carbonyl (C=O) groups excluding carboxylic acids is 2. The van der Waals surface area contributed by atoms with Crippen LogP contribution >= 0.6 is 0 Å². The van der Waals surface area contributed by atoms with Crippen LogP contribution < -0.4 is 0 Å². The summed E-state index contributed by atoms with van der Waals surface area (Å²) in [4.78, 5) is 22.9. The van der Waals surface area contributed by atoms with Crippen LogP contribution in [0.4, 0.5) is 0 Å². The van der Waals surface area contributed by atoms with E-state index in [4.69, 9.17) is 10.00 Å².